The molecular formula is C13H16ClNO. The molecule has 0 saturated carbocycles. The molecule has 0 fully saturated rings. The lowest BCUT2D eigenvalue weighted by molar-refractivity contribution is 0.415. The van der Waals surface area contributed by atoms with Gasteiger partial charge in [0.2, 0.25) is 0 Å². The van der Waals surface area contributed by atoms with Crippen LogP contribution in [-0.4, -0.2) is 24.6 Å². The Morgan fingerprint density at radius 2 is 2.00 bits per heavy atom. The molecule has 2 nitrogen and oxygen atoms in total. The summed E-state index contributed by atoms with van der Waals surface area (Å²) in [6.07, 6.45) is 4.42. The first-order chi connectivity index (χ1) is 7.79. The number of benzene rings is 1. The summed E-state index contributed by atoms with van der Waals surface area (Å²) in [5, 5.41) is 0. The third-order valence-corrected chi connectivity index (χ3v) is 3.15. The van der Waals surface area contributed by atoms with E-state index in [1.165, 1.54) is 11.1 Å². The van der Waals surface area contributed by atoms with Gasteiger partial charge in [-0.3, -0.25) is 0 Å². The highest BCUT2D eigenvalue weighted by Crippen LogP contribution is 2.24. The topological polar surface area (TPSA) is 12.5 Å². The van der Waals surface area contributed by atoms with Crippen molar-refractivity contribution in [3.63, 3.8) is 0 Å². The third-order valence-electron chi connectivity index (χ3n) is 2.84. The van der Waals surface area contributed by atoms with Crippen molar-refractivity contribution in [2.24, 2.45) is 0 Å². The molecule has 16 heavy (non-hydrogen) atoms. The van der Waals surface area contributed by atoms with Crippen molar-refractivity contribution >= 4 is 17.3 Å². The lowest BCUT2D eigenvalue weighted by Gasteiger charge is -2.06. The fourth-order valence-corrected chi connectivity index (χ4v) is 2.10. The van der Waals surface area contributed by atoms with E-state index in [1.54, 1.807) is 7.11 Å². The Morgan fingerprint density at radius 3 is 2.69 bits per heavy atom. The van der Waals surface area contributed by atoms with E-state index in [9.17, 15) is 0 Å². The lowest BCUT2D eigenvalue weighted by Crippen LogP contribution is -2.10. The summed E-state index contributed by atoms with van der Waals surface area (Å²) in [7, 11) is 1.69. The van der Waals surface area contributed by atoms with Crippen LogP contribution >= 0.6 is 11.8 Å². The van der Waals surface area contributed by atoms with E-state index in [0.717, 1.165) is 31.7 Å². The first-order valence-electron chi connectivity index (χ1n) is 5.54. The number of rotatable bonds is 2. The van der Waals surface area contributed by atoms with Crippen molar-refractivity contribution in [3.05, 3.63) is 35.9 Å². The van der Waals surface area contributed by atoms with Gasteiger partial charge in [-0.05, 0) is 47.9 Å². The van der Waals surface area contributed by atoms with Gasteiger partial charge in [0.05, 0.1) is 7.11 Å². The number of halogens is 1. The molecule has 0 radical (unpaired) electrons. The molecule has 0 atom stereocenters. The van der Waals surface area contributed by atoms with Crippen LogP contribution in [0.3, 0.4) is 0 Å². The fourth-order valence-electron chi connectivity index (χ4n) is 1.91. The molecule has 2 rings (SSSR count). The zero-order valence-electron chi connectivity index (χ0n) is 9.45. The zero-order valence-corrected chi connectivity index (χ0v) is 10.2. The first-order valence-corrected chi connectivity index (χ1v) is 5.87. The fraction of sp³-hybridized carbons (Fsp3) is 0.385. The SMILES string of the molecule is COc1ccc(C2=CCN(Cl)CCC2)cc1. The molecule has 0 aliphatic carbocycles. The van der Waals surface area contributed by atoms with Gasteiger partial charge >= 0.3 is 0 Å². The molecule has 0 aromatic heterocycles. The van der Waals surface area contributed by atoms with Gasteiger partial charge in [-0.15, -0.1) is 0 Å². The van der Waals surface area contributed by atoms with Crippen LogP contribution < -0.4 is 4.74 Å². The molecule has 1 aromatic rings. The minimum Gasteiger partial charge on any atom is -0.497 e. The van der Waals surface area contributed by atoms with Gasteiger partial charge in [-0.2, -0.15) is 0 Å². The maximum Gasteiger partial charge on any atom is 0.118 e. The Bertz CT molecular complexity index is 372. The summed E-state index contributed by atoms with van der Waals surface area (Å²) < 4.78 is 6.98. The zero-order chi connectivity index (χ0) is 11.4. The van der Waals surface area contributed by atoms with Crippen LogP contribution in [0.1, 0.15) is 18.4 Å². The number of allylic oxidation sites excluding steroid dienone is 1. The standard InChI is InChI=1S/C13H16ClNO/c1-16-13-6-4-12(5-7-13)11-3-2-9-15(14)10-8-11/h4-8H,2-3,9-10H2,1H3. The van der Waals surface area contributed by atoms with Crippen molar-refractivity contribution < 1.29 is 4.74 Å². The molecule has 1 aromatic carbocycles. The van der Waals surface area contributed by atoms with Gasteiger partial charge in [-0.1, -0.05) is 18.2 Å². The molecule has 1 aliphatic rings. The molecular weight excluding hydrogens is 222 g/mol. The molecule has 0 amide bonds. The lowest BCUT2D eigenvalue weighted by atomic mass is 10.0. The molecule has 86 valence electrons. The Hall–Kier alpha value is -0.990. The smallest absolute Gasteiger partial charge is 0.118 e. The van der Waals surface area contributed by atoms with Gasteiger partial charge in [0.15, 0.2) is 0 Å². The summed E-state index contributed by atoms with van der Waals surface area (Å²) >= 11 is 5.99. The highest BCUT2D eigenvalue weighted by atomic mass is 35.5. The van der Waals surface area contributed by atoms with Crippen LogP contribution in [0.2, 0.25) is 0 Å². The maximum absolute atomic E-state index is 5.99. The second kappa shape index (κ2) is 5.37. The summed E-state index contributed by atoms with van der Waals surface area (Å²) in [5.41, 5.74) is 2.65. The Morgan fingerprint density at radius 1 is 1.25 bits per heavy atom. The van der Waals surface area contributed by atoms with E-state index in [4.69, 9.17) is 16.5 Å². The number of nitrogens with zero attached hydrogens (tertiary/aromatic N) is 1. The van der Waals surface area contributed by atoms with E-state index in [0.29, 0.717) is 0 Å². The number of hydrogen-bond acceptors (Lipinski definition) is 2. The minimum absolute atomic E-state index is 0.822. The number of methoxy groups -OCH3 is 1. The van der Waals surface area contributed by atoms with Crippen molar-refractivity contribution in [2.75, 3.05) is 20.2 Å². The summed E-state index contributed by atoms with van der Waals surface area (Å²) in [6, 6.07) is 8.21. The van der Waals surface area contributed by atoms with Gasteiger partial charge in [-0.25, -0.2) is 4.42 Å². The second-order valence-corrected chi connectivity index (χ2v) is 4.41. The Kier molecular flexibility index (Phi) is 3.86. The largest absolute Gasteiger partial charge is 0.497 e. The summed E-state index contributed by atoms with van der Waals surface area (Å²) in [6.45, 7) is 1.78. The van der Waals surface area contributed by atoms with E-state index in [1.807, 2.05) is 16.6 Å². The van der Waals surface area contributed by atoms with Crippen molar-refractivity contribution in [3.8, 4) is 5.75 Å². The Labute approximate surface area is 102 Å². The normalized spacial score (nSPS) is 17.8. The average Bonchev–Trinajstić information content (AvgIpc) is 2.54. The molecule has 0 N–H and O–H groups in total. The molecule has 1 heterocycles. The van der Waals surface area contributed by atoms with Crippen LogP contribution in [0.15, 0.2) is 30.3 Å². The predicted molar refractivity (Wildman–Crippen MR) is 67.6 cm³/mol. The van der Waals surface area contributed by atoms with E-state index < -0.39 is 0 Å². The second-order valence-electron chi connectivity index (χ2n) is 3.93. The van der Waals surface area contributed by atoms with E-state index >= 15 is 0 Å². The highest BCUT2D eigenvalue weighted by Gasteiger charge is 2.09. The van der Waals surface area contributed by atoms with Gasteiger partial charge in [0, 0.05) is 13.1 Å². The highest BCUT2D eigenvalue weighted by molar-refractivity contribution is 6.13. The third kappa shape index (κ3) is 2.77. The monoisotopic (exact) mass is 237 g/mol. The van der Waals surface area contributed by atoms with E-state index in [2.05, 4.69) is 18.2 Å². The molecule has 0 spiro atoms. The van der Waals surface area contributed by atoms with Gasteiger partial charge in [0.1, 0.15) is 5.75 Å². The molecule has 0 saturated heterocycles. The van der Waals surface area contributed by atoms with E-state index in [-0.39, 0.29) is 0 Å². The molecule has 0 unspecified atom stereocenters. The van der Waals surface area contributed by atoms with Crippen molar-refractivity contribution in [1.29, 1.82) is 0 Å². The van der Waals surface area contributed by atoms with Crippen LogP contribution in [0, 0.1) is 0 Å². The van der Waals surface area contributed by atoms with Gasteiger partial charge in [0.25, 0.3) is 0 Å². The van der Waals surface area contributed by atoms with Crippen LogP contribution in [0.4, 0.5) is 0 Å². The first kappa shape index (κ1) is 11.5. The minimum atomic E-state index is 0.822. The number of ether oxygens (including phenoxy) is 1. The number of hydrogen-bond donors (Lipinski definition) is 0. The maximum atomic E-state index is 5.99. The predicted octanol–water partition coefficient (Wildman–Crippen LogP) is 3.33. The van der Waals surface area contributed by atoms with Gasteiger partial charge < -0.3 is 4.74 Å². The molecule has 3 heteroatoms. The molecule has 1 aliphatic heterocycles. The summed E-state index contributed by atoms with van der Waals surface area (Å²) in [5.74, 6) is 0.900. The Balaban J connectivity index is 2.16. The van der Waals surface area contributed by atoms with Crippen LogP contribution in [-0.2, 0) is 0 Å². The van der Waals surface area contributed by atoms with Crippen LogP contribution in [0.25, 0.3) is 5.57 Å². The van der Waals surface area contributed by atoms with Crippen molar-refractivity contribution in [1.82, 2.24) is 4.42 Å². The summed E-state index contributed by atoms with van der Waals surface area (Å²) in [4.78, 5) is 0. The quantitative estimate of drug-likeness (QED) is 0.732. The average molecular weight is 238 g/mol. The van der Waals surface area contributed by atoms with Crippen LogP contribution in [0.5, 0.6) is 5.75 Å². The van der Waals surface area contributed by atoms with Crippen molar-refractivity contribution in [2.45, 2.75) is 12.8 Å². The molecule has 0 bridgehead atoms.